The molecule has 4 N–H and O–H groups in total. The summed E-state index contributed by atoms with van der Waals surface area (Å²) < 4.78 is 31.1. The summed E-state index contributed by atoms with van der Waals surface area (Å²) in [5.74, 6) is 2.41. The van der Waals surface area contributed by atoms with E-state index in [1.165, 1.54) is 5.56 Å². The summed E-state index contributed by atoms with van der Waals surface area (Å²) >= 11 is 3.66. The van der Waals surface area contributed by atoms with Crippen LogP contribution in [-0.4, -0.2) is 79.8 Å². The van der Waals surface area contributed by atoms with E-state index in [1.807, 2.05) is 13.1 Å². The third kappa shape index (κ3) is 11.6. The van der Waals surface area contributed by atoms with Crippen molar-refractivity contribution in [3.63, 3.8) is 0 Å². The maximum absolute atomic E-state index is 12.0. The molecular formula is C49H56BrN3O6. The fraction of sp³-hybridized carbons (Fsp3) is 0.327. The van der Waals surface area contributed by atoms with Crippen molar-refractivity contribution in [3.05, 3.63) is 113 Å². The Hall–Kier alpha value is -4.97. The standard InChI is InChI=1S/C49H56BrN3O6/c1-52-24-4-5-26-57-46-33-37(13-18-41(46)35-11-9-34(10-12-35)7-6-8-47(54)53-25-23-51)36-14-19-42-38(31-36)15-21-44(58-29-27-55-2)48(42)49-43-20-17-40(50)32-39(43)16-22-45(49)59-30-28-56-3/h9-22,31-33,52H,4-8,23-30,51H2,1-3H3,(H,53,54). The highest BCUT2D eigenvalue weighted by atomic mass is 79.9. The van der Waals surface area contributed by atoms with Crippen molar-refractivity contribution >= 4 is 43.4 Å². The van der Waals surface area contributed by atoms with E-state index >= 15 is 0 Å². The largest absolute Gasteiger partial charge is 0.493 e. The number of amides is 1. The van der Waals surface area contributed by atoms with Crippen LogP contribution in [0.1, 0.15) is 31.2 Å². The molecular weight excluding hydrogens is 806 g/mol. The molecule has 0 saturated carbocycles. The molecule has 59 heavy (non-hydrogen) atoms. The topological polar surface area (TPSA) is 113 Å². The number of nitrogens with two attached hydrogens (primary N) is 1. The number of methoxy groups -OCH3 is 2. The van der Waals surface area contributed by atoms with E-state index in [4.69, 9.17) is 29.4 Å². The molecule has 0 aliphatic rings. The minimum Gasteiger partial charge on any atom is -0.493 e. The first-order valence-electron chi connectivity index (χ1n) is 20.4. The van der Waals surface area contributed by atoms with Gasteiger partial charge in [-0.15, -0.1) is 0 Å². The van der Waals surface area contributed by atoms with Crippen molar-refractivity contribution in [2.45, 2.75) is 32.1 Å². The normalized spacial score (nSPS) is 11.3. The fourth-order valence-corrected chi connectivity index (χ4v) is 7.62. The average molecular weight is 863 g/mol. The van der Waals surface area contributed by atoms with Gasteiger partial charge in [-0.2, -0.15) is 0 Å². The summed E-state index contributed by atoms with van der Waals surface area (Å²) in [5, 5.41) is 10.3. The van der Waals surface area contributed by atoms with Crippen LogP contribution < -0.4 is 30.6 Å². The van der Waals surface area contributed by atoms with Crippen LogP contribution in [0.15, 0.2) is 108 Å². The lowest BCUT2D eigenvalue weighted by molar-refractivity contribution is -0.121. The number of ether oxygens (including phenoxy) is 5. The molecule has 6 aromatic rings. The van der Waals surface area contributed by atoms with Gasteiger partial charge in [-0.3, -0.25) is 4.79 Å². The second kappa shape index (κ2) is 22.4. The van der Waals surface area contributed by atoms with Crippen LogP contribution in [-0.2, 0) is 20.7 Å². The molecule has 0 unspecified atom stereocenters. The second-order valence-electron chi connectivity index (χ2n) is 14.4. The van der Waals surface area contributed by atoms with Gasteiger partial charge in [-0.05, 0) is 119 Å². The molecule has 0 radical (unpaired) electrons. The first-order chi connectivity index (χ1) is 28.9. The Morgan fingerprint density at radius 1 is 0.610 bits per heavy atom. The summed E-state index contributed by atoms with van der Waals surface area (Å²) in [6.45, 7) is 4.28. The van der Waals surface area contributed by atoms with Crippen molar-refractivity contribution < 1.29 is 28.5 Å². The van der Waals surface area contributed by atoms with E-state index < -0.39 is 0 Å². The number of carbonyl (C=O) groups excluding carboxylic acids is 1. The lowest BCUT2D eigenvalue weighted by Gasteiger charge is -2.20. The van der Waals surface area contributed by atoms with Crippen LogP contribution in [0.4, 0.5) is 0 Å². The molecule has 0 heterocycles. The summed E-state index contributed by atoms with van der Waals surface area (Å²) in [7, 11) is 5.33. The monoisotopic (exact) mass is 861 g/mol. The number of nitrogens with one attached hydrogen (secondary N) is 2. The molecule has 0 aliphatic carbocycles. The van der Waals surface area contributed by atoms with Gasteiger partial charge in [0.2, 0.25) is 5.91 Å². The predicted octanol–water partition coefficient (Wildman–Crippen LogP) is 9.58. The first-order valence-corrected chi connectivity index (χ1v) is 21.2. The summed E-state index contributed by atoms with van der Waals surface area (Å²) in [6, 6.07) is 36.3. The number of benzene rings is 6. The molecule has 0 spiro atoms. The summed E-state index contributed by atoms with van der Waals surface area (Å²) in [4.78, 5) is 12.0. The number of hydrogen-bond donors (Lipinski definition) is 3. The Bertz CT molecular complexity index is 2300. The third-order valence-corrected chi connectivity index (χ3v) is 10.8. The van der Waals surface area contributed by atoms with Gasteiger partial charge < -0.3 is 40.1 Å². The van der Waals surface area contributed by atoms with Crippen LogP contribution in [0, 0.1) is 0 Å². The first kappa shape index (κ1) is 43.6. The molecule has 6 rings (SSSR count). The van der Waals surface area contributed by atoms with E-state index in [0.717, 1.165) is 109 Å². The molecule has 9 nitrogen and oxygen atoms in total. The van der Waals surface area contributed by atoms with Gasteiger partial charge in [-0.25, -0.2) is 0 Å². The Morgan fingerprint density at radius 3 is 1.88 bits per heavy atom. The predicted molar refractivity (Wildman–Crippen MR) is 244 cm³/mol. The van der Waals surface area contributed by atoms with E-state index in [0.29, 0.717) is 52.5 Å². The lowest BCUT2D eigenvalue weighted by Crippen LogP contribution is -2.28. The Kier molecular flexibility index (Phi) is 16.6. The molecule has 310 valence electrons. The summed E-state index contributed by atoms with van der Waals surface area (Å²) in [5.41, 5.74) is 12.9. The Balaban J connectivity index is 1.37. The smallest absolute Gasteiger partial charge is 0.220 e. The van der Waals surface area contributed by atoms with E-state index in [2.05, 4.69) is 124 Å². The van der Waals surface area contributed by atoms with Gasteiger partial charge in [0, 0.05) is 54.9 Å². The molecule has 0 aliphatic heterocycles. The lowest BCUT2D eigenvalue weighted by atomic mass is 9.90. The zero-order valence-electron chi connectivity index (χ0n) is 34.4. The average Bonchev–Trinajstić information content (AvgIpc) is 3.25. The minimum absolute atomic E-state index is 0.0445. The van der Waals surface area contributed by atoms with Crippen LogP contribution in [0.25, 0.3) is 54.9 Å². The number of hydrogen-bond acceptors (Lipinski definition) is 8. The highest BCUT2D eigenvalue weighted by Gasteiger charge is 2.20. The van der Waals surface area contributed by atoms with Crippen molar-refractivity contribution in [3.8, 4) is 50.6 Å². The van der Waals surface area contributed by atoms with Crippen LogP contribution in [0.3, 0.4) is 0 Å². The summed E-state index contributed by atoms with van der Waals surface area (Å²) in [6.07, 6.45) is 4.07. The molecule has 0 bridgehead atoms. The van der Waals surface area contributed by atoms with E-state index in [-0.39, 0.29) is 5.91 Å². The quantitative estimate of drug-likeness (QED) is 0.0547. The van der Waals surface area contributed by atoms with Gasteiger partial charge in [0.05, 0.1) is 19.8 Å². The zero-order valence-corrected chi connectivity index (χ0v) is 36.0. The maximum Gasteiger partial charge on any atom is 0.220 e. The highest BCUT2D eigenvalue weighted by molar-refractivity contribution is 9.10. The fourth-order valence-electron chi connectivity index (χ4n) is 7.25. The number of rotatable bonds is 23. The zero-order chi connectivity index (χ0) is 41.4. The van der Waals surface area contributed by atoms with Crippen molar-refractivity contribution in [2.24, 2.45) is 5.73 Å². The van der Waals surface area contributed by atoms with Crippen molar-refractivity contribution in [1.82, 2.24) is 10.6 Å². The van der Waals surface area contributed by atoms with Gasteiger partial charge >= 0.3 is 0 Å². The van der Waals surface area contributed by atoms with Crippen molar-refractivity contribution in [2.75, 3.05) is 73.9 Å². The number of halogens is 1. The van der Waals surface area contributed by atoms with Crippen LogP contribution >= 0.6 is 15.9 Å². The van der Waals surface area contributed by atoms with Gasteiger partial charge in [0.15, 0.2) is 0 Å². The molecule has 0 fully saturated rings. The maximum atomic E-state index is 12.0. The molecule has 1 amide bonds. The number of fused-ring (bicyclic) bond motifs is 2. The van der Waals surface area contributed by atoms with Gasteiger partial charge in [0.25, 0.3) is 0 Å². The number of aryl methyl sites for hydroxylation is 1. The SMILES string of the molecule is CNCCCCOc1cc(-c2ccc3c(-c4c(OCCOC)ccc5cc(Br)ccc45)c(OCCOC)ccc3c2)ccc1-c1ccc(CCCC(=O)NCCN)cc1. The van der Waals surface area contributed by atoms with E-state index in [1.54, 1.807) is 14.2 Å². The minimum atomic E-state index is 0.0445. The number of carbonyl (C=O) groups is 1. The Labute approximate surface area is 356 Å². The molecule has 0 atom stereocenters. The van der Waals surface area contributed by atoms with Crippen LogP contribution in [0.5, 0.6) is 17.2 Å². The van der Waals surface area contributed by atoms with Crippen molar-refractivity contribution in [1.29, 1.82) is 0 Å². The Morgan fingerprint density at radius 2 is 1.22 bits per heavy atom. The molecule has 10 heteroatoms. The van der Waals surface area contributed by atoms with Crippen LogP contribution in [0.2, 0.25) is 0 Å². The number of unbranched alkanes of at least 4 members (excludes halogenated alkanes) is 1. The van der Waals surface area contributed by atoms with E-state index in [9.17, 15) is 4.79 Å². The van der Waals surface area contributed by atoms with Gasteiger partial charge in [0.1, 0.15) is 30.5 Å². The van der Waals surface area contributed by atoms with Gasteiger partial charge in [-0.1, -0.05) is 82.7 Å². The molecule has 6 aromatic carbocycles. The second-order valence-corrected chi connectivity index (χ2v) is 15.3. The third-order valence-electron chi connectivity index (χ3n) is 10.3. The molecule has 0 saturated heterocycles. The molecule has 0 aromatic heterocycles. The highest BCUT2D eigenvalue weighted by Crippen LogP contribution is 2.47.